The third kappa shape index (κ3) is 5.29. The Balaban J connectivity index is 2.49. The van der Waals surface area contributed by atoms with Crippen molar-refractivity contribution in [3.05, 3.63) is 68.3 Å². The minimum absolute atomic E-state index is 0.0811. The molecule has 1 N–H and O–H groups in total. The van der Waals surface area contributed by atoms with Gasteiger partial charge in [-0.15, -0.1) is 0 Å². The summed E-state index contributed by atoms with van der Waals surface area (Å²) in [4.78, 5) is 42.4. The highest BCUT2D eigenvalue weighted by molar-refractivity contribution is 6.29. The highest BCUT2D eigenvalue weighted by Crippen LogP contribution is 2.24. The van der Waals surface area contributed by atoms with Crippen molar-refractivity contribution in [3.63, 3.8) is 0 Å². The van der Waals surface area contributed by atoms with E-state index in [1.165, 1.54) is 13.0 Å². The standard InChI is InChI=1S/C17H13ClF2N4O5/c1-3-29-17(26)10(7-21-15-6-14(18)22-8(2)23-15)16(25)9-4-13(24(27)28)12(20)5-11(9)19/h4-7H,3H2,1-2H3,(H,21,22,23)/b10-7-. The van der Waals surface area contributed by atoms with Crippen LogP contribution < -0.4 is 5.32 Å². The smallest absolute Gasteiger partial charge is 0.343 e. The van der Waals surface area contributed by atoms with Crippen LogP contribution in [-0.4, -0.2) is 33.3 Å². The van der Waals surface area contributed by atoms with Crippen LogP contribution in [0.4, 0.5) is 20.3 Å². The second kappa shape index (κ2) is 9.15. The van der Waals surface area contributed by atoms with Crippen LogP contribution in [0.25, 0.3) is 0 Å². The Morgan fingerprint density at radius 2 is 1.97 bits per heavy atom. The van der Waals surface area contributed by atoms with Gasteiger partial charge < -0.3 is 10.1 Å². The van der Waals surface area contributed by atoms with E-state index in [0.29, 0.717) is 6.07 Å². The summed E-state index contributed by atoms with van der Waals surface area (Å²) in [5.74, 6) is -4.83. The number of hydrogen-bond acceptors (Lipinski definition) is 8. The number of carbonyl (C=O) groups excluding carboxylic acids is 2. The summed E-state index contributed by atoms with van der Waals surface area (Å²) in [6.45, 7) is 2.92. The van der Waals surface area contributed by atoms with Crippen molar-refractivity contribution in [2.75, 3.05) is 11.9 Å². The van der Waals surface area contributed by atoms with Crippen molar-refractivity contribution in [2.24, 2.45) is 0 Å². The quantitative estimate of drug-likeness (QED) is 0.104. The lowest BCUT2D eigenvalue weighted by Gasteiger charge is -2.09. The molecule has 0 unspecified atom stereocenters. The first-order valence-corrected chi connectivity index (χ1v) is 8.35. The van der Waals surface area contributed by atoms with Gasteiger partial charge in [0.15, 0.2) is 0 Å². The first kappa shape index (κ1) is 21.8. The van der Waals surface area contributed by atoms with Gasteiger partial charge in [0, 0.05) is 24.4 Å². The number of hydrogen-bond donors (Lipinski definition) is 1. The molecule has 0 amide bonds. The molecule has 152 valence electrons. The molecule has 0 saturated carbocycles. The predicted octanol–water partition coefficient (Wildman–Crippen LogP) is 3.37. The summed E-state index contributed by atoms with van der Waals surface area (Å²) in [5.41, 5.74) is -2.70. The van der Waals surface area contributed by atoms with Crippen LogP contribution >= 0.6 is 11.6 Å². The van der Waals surface area contributed by atoms with Gasteiger partial charge in [0.2, 0.25) is 11.6 Å². The van der Waals surface area contributed by atoms with E-state index >= 15 is 0 Å². The molecule has 0 aliphatic heterocycles. The molecule has 12 heteroatoms. The molecular weight excluding hydrogens is 414 g/mol. The zero-order valence-corrected chi connectivity index (χ0v) is 15.8. The van der Waals surface area contributed by atoms with Gasteiger partial charge in [0.05, 0.1) is 17.1 Å². The van der Waals surface area contributed by atoms with Crippen LogP contribution in [0, 0.1) is 28.7 Å². The Bertz CT molecular complexity index is 1010. The van der Waals surface area contributed by atoms with Crippen LogP contribution in [0.15, 0.2) is 30.0 Å². The number of aryl methyl sites for hydroxylation is 1. The first-order chi connectivity index (χ1) is 13.6. The third-order valence-corrected chi connectivity index (χ3v) is 3.58. The molecule has 1 heterocycles. The van der Waals surface area contributed by atoms with Gasteiger partial charge in [-0.05, 0) is 13.8 Å². The minimum atomic E-state index is -1.46. The summed E-state index contributed by atoms with van der Waals surface area (Å²) in [6.07, 6.45) is 0.882. The number of nitrogens with one attached hydrogen (secondary N) is 1. The van der Waals surface area contributed by atoms with Crippen molar-refractivity contribution in [3.8, 4) is 0 Å². The maximum atomic E-state index is 14.1. The van der Waals surface area contributed by atoms with Gasteiger partial charge in [-0.2, -0.15) is 4.39 Å². The molecule has 0 aliphatic rings. The fourth-order valence-corrected chi connectivity index (χ4v) is 2.40. The lowest BCUT2D eigenvalue weighted by atomic mass is 10.0. The number of nitrogens with zero attached hydrogens (tertiary/aromatic N) is 3. The number of Topliss-reactive ketones (excluding diaryl/α,β-unsaturated/α-hetero) is 1. The maximum absolute atomic E-state index is 14.1. The Morgan fingerprint density at radius 3 is 2.55 bits per heavy atom. The van der Waals surface area contributed by atoms with Crippen LogP contribution in [0.3, 0.4) is 0 Å². The van der Waals surface area contributed by atoms with E-state index in [-0.39, 0.29) is 29.5 Å². The summed E-state index contributed by atoms with van der Waals surface area (Å²) in [7, 11) is 0. The summed E-state index contributed by atoms with van der Waals surface area (Å²) in [6, 6.07) is 1.89. The minimum Gasteiger partial charge on any atom is -0.462 e. The van der Waals surface area contributed by atoms with Gasteiger partial charge in [-0.1, -0.05) is 11.6 Å². The lowest BCUT2D eigenvalue weighted by molar-refractivity contribution is -0.387. The van der Waals surface area contributed by atoms with Gasteiger partial charge in [-0.3, -0.25) is 14.9 Å². The number of carbonyl (C=O) groups is 2. The van der Waals surface area contributed by atoms with Crippen molar-refractivity contribution >= 4 is 34.9 Å². The van der Waals surface area contributed by atoms with Gasteiger partial charge in [-0.25, -0.2) is 19.2 Å². The summed E-state index contributed by atoms with van der Waals surface area (Å²) in [5, 5.41) is 13.5. The summed E-state index contributed by atoms with van der Waals surface area (Å²) >= 11 is 5.80. The van der Waals surface area contributed by atoms with Crippen molar-refractivity contribution in [1.82, 2.24) is 9.97 Å². The molecule has 2 aromatic rings. The van der Waals surface area contributed by atoms with E-state index in [0.717, 1.165) is 6.20 Å². The number of nitro benzene ring substituents is 1. The molecule has 9 nitrogen and oxygen atoms in total. The zero-order chi connectivity index (χ0) is 21.7. The first-order valence-electron chi connectivity index (χ1n) is 7.97. The van der Waals surface area contributed by atoms with Crippen molar-refractivity contribution in [1.29, 1.82) is 0 Å². The molecular formula is C17H13ClF2N4O5. The van der Waals surface area contributed by atoms with Crippen LogP contribution in [0.5, 0.6) is 0 Å². The highest BCUT2D eigenvalue weighted by Gasteiger charge is 2.28. The van der Waals surface area contributed by atoms with Crippen LogP contribution in [0.2, 0.25) is 5.15 Å². The normalized spacial score (nSPS) is 11.1. The van der Waals surface area contributed by atoms with Crippen molar-refractivity contribution in [2.45, 2.75) is 13.8 Å². The number of rotatable bonds is 7. The molecule has 0 atom stereocenters. The fourth-order valence-electron chi connectivity index (χ4n) is 2.17. The number of nitro groups is 1. The Morgan fingerprint density at radius 1 is 1.28 bits per heavy atom. The van der Waals surface area contributed by atoms with E-state index in [1.807, 2.05) is 0 Å². The molecule has 0 fully saturated rings. The number of ketones is 1. The zero-order valence-electron chi connectivity index (χ0n) is 15.0. The van der Waals surface area contributed by atoms with Gasteiger partial charge in [0.25, 0.3) is 0 Å². The highest BCUT2D eigenvalue weighted by atomic mass is 35.5. The second-order valence-corrected chi connectivity index (χ2v) is 5.80. The molecule has 1 aromatic heterocycles. The second-order valence-electron chi connectivity index (χ2n) is 5.42. The van der Waals surface area contributed by atoms with Gasteiger partial charge >= 0.3 is 11.7 Å². The fraction of sp³-hybridized carbons (Fsp3) is 0.176. The average molecular weight is 427 g/mol. The molecule has 29 heavy (non-hydrogen) atoms. The van der Waals surface area contributed by atoms with E-state index in [2.05, 4.69) is 15.3 Å². The number of benzene rings is 1. The molecule has 0 saturated heterocycles. The molecule has 0 aliphatic carbocycles. The number of ether oxygens (including phenoxy) is 1. The van der Waals surface area contributed by atoms with Crippen LogP contribution in [-0.2, 0) is 9.53 Å². The molecule has 0 spiro atoms. The van der Waals surface area contributed by atoms with E-state index in [4.69, 9.17) is 16.3 Å². The summed E-state index contributed by atoms with van der Waals surface area (Å²) < 4.78 is 32.4. The molecule has 0 radical (unpaired) electrons. The Kier molecular flexibility index (Phi) is 6.89. The number of halogens is 3. The van der Waals surface area contributed by atoms with E-state index in [1.54, 1.807) is 6.92 Å². The van der Waals surface area contributed by atoms with E-state index in [9.17, 15) is 28.5 Å². The van der Waals surface area contributed by atoms with E-state index < -0.39 is 45.1 Å². The predicted molar refractivity (Wildman–Crippen MR) is 97.5 cm³/mol. The maximum Gasteiger partial charge on any atom is 0.343 e. The van der Waals surface area contributed by atoms with Gasteiger partial charge in [0.1, 0.15) is 28.2 Å². The van der Waals surface area contributed by atoms with Crippen LogP contribution in [0.1, 0.15) is 23.1 Å². The Hall–Kier alpha value is -3.47. The monoisotopic (exact) mass is 426 g/mol. The Labute approximate surface area is 167 Å². The number of esters is 1. The molecule has 2 rings (SSSR count). The molecule has 1 aromatic carbocycles. The largest absolute Gasteiger partial charge is 0.462 e. The molecule has 0 bridgehead atoms. The topological polar surface area (TPSA) is 124 Å². The van der Waals surface area contributed by atoms with Crippen molar-refractivity contribution < 1.29 is 28.0 Å². The lowest BCUT2D eigenvalue weighted by Crippen LogP contribution is -2.19. The number of aromatic nitrogens is 2. The number of anilines is 1. The third-order valence-electron chi connectivity index (χ3n) is 3.39. The SMILES string of the molecule is CCOC(=O)/C(=C\Nc1cc(Cl)nc(C)n1)C(=O)c1cc([N+](=O)[O-])c(F)cc1F. The average Bonchev–Trinajstić information content (AvgIpc) is 2.60.